The number of nitrogens with two attached hydrogens (primary N) is 1. The van der Waals surface area contributed by atoms with Crippen molar-refractivity contribution in [2.75, 3.05) is 19.5 Å². The van der Waals surface area contributed by atoms with Crippen LogP contribution in [0.4, 0.5) is 5.82 Å². The number of nitriles is 2. The molecule has 0 radical (unpaired) electrons. The van der Waals surface area contributed by atoms with Gasteiger partial charge in [0.2, 0.25) is 0 Å². The topological polar surface area (TPSA) is 110 Å². The second-order valence-electron chi connectivity index (χ2n) is 6.16. The van der Waals surface area contributed by atoms with Crippen molar-refractivity contribution >= 4 is 40.1 Å². The molecule has 2 aromatic carbocycles. The van der Waals surface area contributed by atoms with Gasteiger partial charge in [0.1, 0.15) is 35.8 Å². The van der Waals surface area contributed by atoms with Gasteiger partial charge in [0.15, 0.2) is 11.5 Å². The molecule has 0 aliphatic rings. The van der Waals surface area contributed by atoms with Gasteiger partial charge >= 0.3 is 0 Å². The summed E-state index contributed by atoms with van der Waals surface area (Å²) < 4.78 is 13.2. The minimum atomic E-state index is 0.104. The Morgan fingerprint density at radius 2 is 2.03 bits per heavy atom. The van der Waals surface area contributed by atoms with Crippen molar-refractivity contribution in [1.29, 1.82) is 10.5 Å². The number of benzene rings is 2. The largest absolute Gasteiger partial charge is 0.493 e. The second kappa shape index (κ2) is 9.71. The predicted molar refractivity (Wildman–Crippen MR) is 126 cm³/mol. The number of nitrogens with zero attached hydrogens (tertiary/aromatic N) is 4. The van der Waals surface area contributed by atoms with E-state index >= 15 is 0 Å². The van der Waals surface area contributed by atoms with Crippen LogP contribution in [-0.2, 0) is 0 Å². The maximum absolute atomic E-state index is 9.80. The number of anilines is 1. The van der Waals surface area contributed by atoms with Crippen molar-refractivity contribution in [3.63, 3.8) is 0 Å². The number of rotatable bonds is 6. The molecule has 8 heteroatoms. The standard InChI is InChI=1S/C23H16IN5O2/c1-3-9-31-22-19(24)11-15(12-20(22)30-2)10-16(13-25)21-18(14-26)23(27)29(28-21)17-7-5-4-6-8-17/h1,4-8,10-12H,9,27H2,2H3/b16-10+. The number of para-hydroxylation sites is 1. The van der Waals surface area contributed by atoms with Gasteiger partial charge in [0, 0.05) is 0 Å². The van der Waals surface area contributed by atoms with Crippen LogP contribution < -0.4 is 15.2 Å². The normalized spacial score (nSPS) is 10.6. The molecule has 7 nitrogen and oxygen atoms in total. The van der Waals surface area contributed by atoms with Gasteiger partial charge in [-0.15, -0.1) is 6.42 Å². The highest BCUT2D eigenvalue weighted by atomic mass is 127. The van der Waals surface area contributed by atoms with E-state index < -0.39 is 0 Å². The lowest BCUT2D eigenvalue weighted by molar-refractivity contribution is 0.328. The third kappa shape index (κ3) is 4.48. The Bertz CT molecular complexity index is 1270. The Labute approximate surface area is 193 Å². The number of halogens is 1. The molecule has 1 heterocycles. The molecule has 0 amide bonds. The van der Waals surface area contributed by atoms with Crippen LogP contribution in [0.1, 0.15) is 16.8 Å². The monoisotopic (exact) mass is 521 g/mol. The molecule has 0 fully saturated rings. The van der Waals surface area contributed by atoms with Gasteiger partial charge < -0.3 is 15.2 Å². The molecule has 2 N–H and O–H groups in total. The van der Waals surface area contributed by atoms with Crippen molar-refractivity contribution in [2.24, 2.45) is 0 Å². The van der Waals surface area contributed by atoms with E-state index in [1.54, 1.807) is 12.1 Å². The maximum Gasteiger partial charge on any atom is 0.175 e. The molecule has 0 spiro atoms. The number of hydrogen-bond donors (Lipinski definition) is 1. The Balaban J connectivity index is 2.12. The minimum Gasteiger partial charge on any atom is -0.493 e. The van der Waals surface area contributed by atoms with E-state index in [4.69, 9.17) is 21.6 Å². The second-order valence-corrected chi connectivity index (χ2v) is 7.33. The summed E-state index contributed by atoms with van der Waals surface area (Å²) in [4.78, 5) is 0. The molecule has 152 valence electrons. The fourth-order valence-corrected chi connectivity index (χ4v) is 3.67. The number of aromatic nitrogens is 2. The third-order valence-electron chi connectivity index (χ3n) is 4.27. The maximum atomic E-state index is 9.80. The number of methoxy groups -OCH3 is 1. The van der Waals surface area contributed by atoms with Gasteiger partial charge in [0.25, 0.3) is 0 Å². The quantitative estimate of drug-likeness (QED) is 0.298. The number of ether oxygens (including phenoxy) is 2. The zero-order valence-corrected chi connectivity index (χ0v) is 18.6. The number of allylic oxidation sites excluding steroid dienone is 1. The van der Waals surface area contributed by atoms with Crippen LogP contribution in [0.2, 0.25) is 0 Å². The zero-order chi connectivity index (χ0) is 22.4. The van der Waals surface area contributed by atoms with Crippen LogP contribution >= 0.6 is 22.6 Å². The van der Waals surface area contributed by atoms with Gasteiger partial charge in [0.05, 0.1) is 21.9 Å². The Hall–Kier alpha value is -3.94. The highest BCUT2D eigenvalue weighted by molar-refractivity contribution is 14.1. The first-order valence-electron chi connectivity index (χ1n) is 8.94. The summed E-state index contributed by atoms with van der Waals surface area (Å²) in [6.07, 6.45) is 6.89. The van der Waals surface area contributed by atoms with Crippen molar-refractivity contribution < 1.29 is 9.47 Å². The van der Waals surface area contributed by atoms with Crippen molar-refractivity contribution in [3.05, 3.63) is 62.9 Å². The summed E-state index contributed by atoms with van der Waals surface area (Å²) in [6, 6.07) is 16.9. The fourth-order valence-electron chi connectivity index (χ4n) is 2.89. The van der Waals surface area contributed by atoms with Gasteiger partial charge in [-0.1, -0.05) is 24.1 Å². The molecule has 31 heavy (non-hydrogen) atoms. The molecule has 1 aromatic heterocycles. The highest BCUT2D eigenvalue weighted by Gasteiger charge is 2.20. The lowest BCUT2D eigenvalue weighted by atomic mass is 10.1. The van der Waals surface area contributed by atoms with Crippen LogP contribution in [0.15, 0.2) is 42.5 Å². The summed E-state index contributed by atoms with van der Waals surface area (Å²) in [7, 11) is 1.52. The Morgan fingerprint density at radius 3 is 2.65 bits per heavy atom. The summed E-state index contributed by atoms with van der Waals surface area (Å²) in [6.45, 7) is 0.104. The average Bonchev–Trinajstić information content (AvgIpc) is 3.12. The summed E-state index contributed by atoms with van der Waals surface area (Å²) in [5.74, 6) is 3.57. The molecule has 0 unspecified atom stereocenters. The van der Waals surface area contributed by atoms with E-state index in [0.29, 0.717) is 22.7 Å². The number of hydrogen-bond acceptors (Lipinski definition) is 6. The number of terminal acetylenes is 1. The summed E-state index contributed by atoms with van der Waals surface area (Å²) in [5, 5.41) is 23.9. The van der Waals surface area contributed by atoms with Crippen LogP contribution in [0.25, 0.3) is 17.3 Å². The first-order valence-corrected chi connectivity index (χ1v) is 10.0. The van der Waals surface area contributed by atoms with E-state index in [1.165, 1.54) is 11.8 Å². The van der Waals surface area contributed by atoms with E-state index in [9.17, 15) is 10.5 Å². The van der Waals surface area contributed by atoms with Gasteiger partial charge in [-0.2, -0.15) is 15.6 Å². The van der Waals surface area contributed by atoms with Gasteiger partial charge in [-0.25, -0.2) is 4.68 Å². The summed E-state index contributed by atoms with van der Waals surface area (Å²) in [5.41, 5.74) is 8.03. The molecule has 0 bridgehead atoms. The molecule has 0 aliphatic heterocycles. The first-order chi connectivity index (χ1) is 15.0. The van der Waals surface area contributed by atoms with E-state index in [1.807, 2.05) is 36.4 Å². The van der Waals surface area contributed by atoms with E-state index in [0.717, 1.165) is 3.57 Å². The minimum absolute atomic E-state index is 0.104. The van der Waals surface area contributed by atoms with E-state index in [2.05, 4.69) is 45.7 Å². The fraction of sp³-hybridized carbons (Fsp3) is 0.0870. The smallest absolute Gasteiger partial charge is 0.175 e. The highest BCUT2D eigenvalue weighted by Crippen LogP contribution is 2.35. The van der Waals surface area contributed by atoms with Crippen LogP contribution in [0.3, 0.4) is 0 Å². The molecule has 0 atom stereocenters. The van der Waals surface area contributed by atoms with E-state index in [-0.39, 0.29) is 29.3 Å². The first kappa shape index (κ1) is 21.8. The van der Waals surface area contributed by atoms with Gasteiger partial charge in [-0.3, -0.25) is 0 Å². The zero-order valence-electron chi connectivity index (χ0n) is 16.5. The lowest BCUT2D eigenvalue weighted by Gasteiger charge is -2.12. The molecular weight excluding hydrogens is 505 g/mol. The van der Waals surface area contributed by atoms with Crippen LogP contribution in [0.5, 0.6) is 11.5 Å². The molecule has 0 saturated carbocycles. The van der Waals surface area contributed by atoms with Crippen molar-refractivity contribution in [1.82, 2.24) is 9.78 Å². The Kier molecular flexibility index (Phi) is 6.81. The van der Waals surface area contributed by atoms with Crippen molar-refractivity contribution in [2.45, 2.75) is 0 Å². The molecule has 0 saturated heterocycles. The molecule has 3 rings (SSSR count). The number of nitrogen functional groups attached to an aromatic ring is 1. The van der Waals surface area contributed by atoms with Crippen molar-refractivity contribution in [3.8, 4) is 41.7 Å². The summed E-state index contributed by atoms with van der Waals surface area (Å²) >= 11 is 2.10. The molecule has 0 aliphatic carbocycles. The predicted octanol–water partition coefficient (Wildman–Crippen LogP) is 4.02. The molecule has 3 aromatic rings. The van der Waals surface area contributed by atoms with Gasteiger partial charge in [-0.05, 0) is 58.5 Å². The average molecular weight is 521 g/mol. The SMILES string of the molecule is C#CCOc1c(I)cc(/C=C(\C#N)c2nn(-c3ccccc3)c(N)c2C#N)cc1OC. The lowest BCUT2D eigenvalue weighted by Crippen LogP contribution is -2.02. The van der Waals surface area contributed by atoms with Crippen LogP contribution in [-0.4, -0.2) is 23.5 Å². The molecular formula is C23H16IN5O2. The third-order valence-corrected chi connectivity index (χ3v) is 5.07. The van der Waals surface area contributed by atoms with Crippen LogP contribution in [0, 0.1) is 38.6 Å². The Morgan fingerprint density at radius 1 is 1.29 bits per heavy atom.